The van der Waals surface area contributed by atoms with E-state index in [0.29, 0.717) is 18.4 Å². The number of anilines is 2. The van der Waals surface area contributed by atoms with Crippen molar-refractivity contribution >= 4 is 33.4 Å². The fourth-order valence-corrected chi connectivity index (χ4v) is 2.54. The molecule has 0 fully saturated rings. The molecule has 0 saturated heterocycles. The third-order valence-electron chi connectivity index (χ3n) is 3.27. The van der Waals surface area contributed by atoms with Crippen LogP contribution in [-0.2, 0) is 19.6 Å². The summed E-state index contributed by atoms with van der Waals surface area (Å²) in [6, 6.07) is 3.01. The van der Waals surface area contributed by atoms with Crippen LogP contribution in [0.5, 0.6) is 5.88 Å². The van der Waals surface area contributed by atoms with E-state index in [1.165, 1.54) is 6.92 Å². The van der Waals surface area contributed by atoms with Crippen molar-refractivity contribution in [2.24, 2.45) is 0 Å². The minimum absolute atomic E-state index is 0.00571. The number of ether oxygens (including phenoxy) is 1. The lowest BCUT2D eigenvalue weighted by atomic mass is 10.1. The number of ketones is 1. The van der Waals surface area contributed by atoms with Gasteiger partial charge in [0.1, 0.15) is 23.9 Å². The number of Topliss-reactive ketones (excluding diaryl/α,β-unsaturated/α-hetero) is 1. The molecule has 0 atom stereocenters. The fraction of sp³-hybridized carbons (Fsp3) is 0.235. The molecule has 0 spiro atoms. The second-order valence-electron chi connectivity index (χ2n) is 5.61. The lowest BCUT2D eigenvalue weighted by Gasteiger charge is -2.13. The highest BCUT2D eigenvalue weighted by Gasteiger charge is 2.23. The average Bonchev–Trinajstić information content (AvgIpc) is 2.58. The Hall–Kier alpha value is -3.15. The van der Waals surface area contributed by atoms with Crippen LogP contribution in [0.1, 0.15) is 23.7 Å². The van der Waals surface area contributed by atoms with E-state index >= 15 is 0 Å². The number of hydrogen-bond donors (Lipinski definition) is 1. The Morgan fingerprint density at radius 2 is 1.83 bits per heavy atom. The monoisotopic (exact) mass is 432 g/mol. The quantitative estimate of drug-likeness (QED) is 0.293. The number of carbonyl (C=O) groups excluding carboxylic acids is 2. The smallest absolute Gasteiger partial charge is 0.313 e. The molecule has 2 aromatic rings. The molecule has 12 heteroatoms. The summed E-state index contributed by atoms with van der Waals surface area (Å²) in [6.45, 7) is 1.52. The van der Waals surface area contributed by atoms with E-state index in [0.717, 1.165) is 12.1 Å². The summed E-state index contributed by atoms with van der Waals surface area (Å²) in [5, 5.41) is 2.34. The van der Waals surface area contributed by atoms with Gasteiger partial charge >= 0.3 is 16.1 Å². The number of benzene rings is 1. The normalized spacial score (nSPS) is 11.1. The first-order valence-corrected chi connectivity index (χ1v) is 9.82. The van der Waals surface area contributed by atoms with Crippen molar-refractivity contribution in [2.75, 3.05) is 18.2 Å². The maximum absolute atomic E-state index is 14.2. The zero-order chi connectivity index (χ0) is 21.8. The number of hydrogen-bond acceptors (Lipinski definition) is 8. The summed E-state index contributed by atoms with van der Waals surface area (Å²) in [7, 11) is -4.18. The Labute approximate surface area is 163 Å². The number of nitrogens with zero attached hydrogens (tertiary/aromatic N) is 1. The number of rotatable bonds is 8. The zero-order valence-corrected chi connectivity index (χ0v) is 16.0. The second kappa shape index (κ2) is 8.90. The Kier molecular flexibility index (Phi) is 6.80. The van der Waals surface area contributed by atoms with Crippen LogP contribution >= 0.6 is 0 Å². The van der Waals surface area contributed by atoms with Crippen LogP contribution < -0.4 is 9.50 Å². The van der Waals surface area contributed by atoms with Crippen molar-refractivity contribution in [3.05, 3.63) is 47.3 Å². The summed E-state index contributed by atoms with van der Waals surface area (Å²) >= 11 is 0. The maximum atomic E-state index is 14.2. The molecule has 0 unspecified atom stereocenters. The molecular formula is C17H15F3N2O6S. The number of esters is 1. The van der Waals surface area contributed by atoms with Crippen molar-refractivity contribution in [1.29, 1.82) is 0 Å². The van der Waals surface area contributed by atoms with E-state index < -0.39 is 63.0 Å². The van der Waals surface area contributed by atoms with E-state index in [2.05, 4.69) is 19.2 Å². The summed E-state index contributed by atoms with van der Waals surface area (Å²) in [4.78, 5) is 27.5. The first kappa shape index (κ1) is 22.1. The molecule has 0 aliphatic rings. The fourth-order valence-electron chi connectivity index (χ4n) is 2.14. The van der Waals surface area contributed by atoms with Crippen molar-refractivity contribution in [1.82, 2.24) is 4.98 Å². The molecule has 0 amide bonds. The van der Waals surface area contributed by atoms with E-state index in [1.807, 2.05) is 0 Å². The molecule has 2 rings (SSSR count). The molecule has 1 N–H and O–H groups in total. The maximum Gasteiger partial charge on any atom is 0.313 e. The van der Waals surface area contributed by atoms with Gasteiger partial charge in [0, 0.05) is 6.07 Å². The lowest BCUT2D eigenvalue weighted by molar-refractivity contribution is -0.141. The van der Waals surface area contributed by atoms with E-state index in [1.54, 1.807) is 0 Å². The molecule has 1 aromatic carbocycles. The Morgan fingerprint density at radius 1 is 1.14 bits per heavy atom. The Morgan fingerprint density at radius 3 is 2.41 bits per heavy atom. The van der Waals surface area contributed by atoms with Gasteiger partial charge in [-0.15, -0.1) is 0 Å². The first-order chi connectivity index (χ1) is 13.5. The lowest BCUT2D eigenvalue weighted by Crippen LogP contribution is -2.16. The van der Waals surface area contributed by atoms with Crippen LogP contribution in [0.2, 0.25) is 0 Å². The standard InChI is InChI=1S/C17H15F3N2O6S/c1-3-27-15(24)8-14(23)10-7-12(20)17(28-29(2,25)26)22-16(10)21-13-5-4-9(18)6-11(13)19/h4-7H,3,8H2,1-2H3,(H,21,22). The molecule has 0 saturated carbocycles. The van der Waals surface area contributed by atoms with Gasteiger partial charge in [0.05, 0.1) is 24.1 Å². The average molecular weight is 432 g/mol. The van der Waals surface area contributed by atoms with Crippen molar-refractivity contribution in [3.63, 3.8) is 0 Å². The number of carbonyl (C=O) groups is 2. The highest BCUT2D eigenvalue weighted by Crippen LogP contribution is 2.28. The van der Waals surface area contributed by atoms with Gasteiger partial charge in [-0.25, -0.2) is 13.2 Å². The topological polar surface area (TPSA) is 112 Å². The van der Waals surface area contributed by atoms with Gasteiger partial charge in [-0.2, -0.15) is 13.4 Å². The predicted molar refractivity (Wildman–Crippen MR) is 94.9 cm³/mol. The third kappa shape index (κ3) is 6.17. The summed E-state index contributed by atoms with van der Waals surface area (Å²) in [6.07, 6.45) is -0.136. The van der Waals surface area contributed by atoms with Gasteiger partial charge < -0.3 is 14.2 Å². The van der Waals surface area contributed by atoms with Gasteiger partial charge in [-0.05, 0) is 25.1 Å². The van der Waals surface area contributed by atoms with Gasteiger partial charge in [0.25, 0.3) is 5.88 Å². The SMILES string of the molecule is CCOC(=O)CC(=O)c1cc(F)c(OS(C)(=O)=O)nc1Nc1ccc(F)cc1F. The van der Waals surface area contributed by atoms with Crippen LogP contribution in [0.4, 0.5) is 24.7 Å². The minimum atomic E-state index is -4.18. The first-order valence-electron chi connectivity index (χ1n) is 8.01. The molecular weight excluding hydrogens is 417 g/mol. The predicted octanol–water partition coefficient (Wildman–Crippen LogP) is 2.72. The number of nitrogens with one attached hydrogen (secondary N) is 1. The van der Waals surface area contributed by atoms with E-state index in [-0.39, 0.29) is 12.3 Å². The van der Waals surface area contributed by atoms with Gasteiger partial charge in [-0.1, -0.05) is 0 Å². The number of pyridine rings is 1. The highest BCUT2D eigenvalue weighted by atomic mass is 32.2. The zero-order valence-electron chi connectivity index (χ0n) is 15.2. The molecule has 0 bridgehead atoms. The van der Waals surface area contributed by atoms with Crippen LogP contribution in [0, 0.1) is 17.5 Å². The third-order valence-corrected chi connectivity index (χ3v) is 3.73. The number of aromatic nitrogens is 1. The largest absolute Gasteiger partial charge is 0.466 e. The second-order valence-corrected chi connectivity index (χ2v) is 7.19. The summed E-state index contributed by atoms with van der Waals surface area (Å²) in [5.41, 5.74) is -0.846. The van der Waals surface area contributed by atoms with Crippen LogP contribution in [0.3, 0.4) is 0 Å². The van der Waals surface area contributed by atoms with Crippen LogP contribution in [0.25, 0.3) is 0 Å². The van der Waals surface area contributed by atoms with E-state index in [4.69, 9.17) is 0 Å². The van der Waals surface area contributed by atoms with Crippen LogP contribution in [0.15, 0.2) is 24.3 Å². The Bertz CT molecular complexity index is 1060. The molecule has 1 heterocycles. The number of halogens is 3. The molecule has 29 heavy (non-hydrogen) atoms. The van der Waals surface area contributed by atoms with E-state index in [9.17, 15) is 31.2 Å². The van der Waals surface area contributed by atoms with Crippen molar-refractivity contribution < 1.29 is 40.1 Å². The van der Waals surface area contributed by atoms with Crippen molar-refractivity contribution in [2.45, 2.75) is 13.3 Å². The summed E-state index contributed by atoms with van der Waals surface area (Å²) in [5.74, 6) is -6.60. The summed E-state index contributed by atoms with van der Waals surface area (Å²) < 4.78 is 72.8. The minimum Gasteiger partial charge on any atom is -0.466 e. The molecule has 0 radical (unpaired) electrons. The molecule has 0 aliphatic heterocycles. The molecule has 8 nitrogen and oxygen atoms in total. The van der Waals surface area contributed by atoms with Gasteiger partial charge in [0.2, 0.25) is 0 Å². The van der Waals surface area contributed by atoms with Crippen molar-refractivity contribution in [3.8, 4) is 5.88 Å². The van der Waals surface area contributed by atoms with Gasteiger partial charge in [0.15, 0.2) is 11.6 Å². The molecule has 1 aromatic heterocycles. The highest BCUT2D eigenvalue weighted by molar-refractivity contribution is 7.86. The van der Waals surface area contributed by atoms with Crippen LogP contribution in [-0.4, -0.2) is 38.0 Å². The van der Waals surface area contributed by atoms with Gasteiger partial charge in [-0.3, -0.25) is 9.59 Å². The molecule has 156 valence electrons. The molecule has 0 aliphatic carbocycles. The Balaban J connectivity index is 2.51.